The number of aromatic nitrogens is 1. The van der Waals surface area contributed by atoms with Gasteiger partial charge in [0.25, 0.3) is 5.91 Å². The lowest BCUT2D eigenvalue weighted by Crippen LogP contribution is -2.27. The minimum Gasteiger partial charge on any atom is -0.472 e. The zero-order valence-electron chi connectivity index (χ0n) is 10.3. The maximum atomic E-state index is 12.1. The van der Waals surface area contributed by atoms with Crippen LogP contribution in [-0.2, 0) is 6.54 Å². The summed E-state index contributed by atoms with van der Waals surface area (Å²) in [4.78, 5) is 27.6. The van der Waals surface area contributed by atoms with Crippen molar-refractivity contribution in [1.82, 2.24) is 9.88 Å². The lowest BCUT2D eigenvalue weighted by atomic mass is 10.2. The summed E-state index contributed by atoms with van der Waals surface area (Å²) in [5, 5.41) is 0. The third kappa shape index (κ3) is 2.68. The first-order valence-electron chi connectivity index (χ1n) is 5.54. The lowest BCUT2D eigenvalue weighted by molar-refractivity contribution is 0.0784. The standard InChI is InChI=1S/C13H14N2O3/c1-9-5-11(6-12(16)14-9)13(17)15(2)7-10-3-4-18-8-10/h3-6,8H,7H2,1-2H3,(H,14,16). The number of nitrogens with zero attached hydrogens (tertiary/aromatic N) is 1. The quantitative estimate of drug-likeness (QED) is 0.893. The summed E-state index contributed by atoms with van der Waals surface area (Å²) in [6.07, 6.45) is 3.15. The van der Waals surface area contributed by atoms with Crippen LogP contribution >= 0.6 is 0 Å². The molecular weight excluding hydrogens is 232 g/mol. The number of carbonyl (C=O) groups excluding carboxylic acids is 1. The molecule has 0 bridgehead atoms. The van der Waals surface area contributed by atoms with E-state index in [-0.39, 0.29) is 11.5 Å². The predicted octanol–water partition coefficient (Wildman–Crippen LogP) is 1.55. The van der Waals surface area contributed by atoms with Crippen LogP contribution < -0.4 is 5.56 Å². The van der Waals surface area contributed by atoms with E-state index in [1.807, 2.05) is 0 Å². The number of aryl methyl sites for hydroxylation is 1. The number of hydrogen-bond acceptors (Lipinski definition) is 3. The molecule has 0 aliphatic rings. The Morgan fingerprint density at radius 3 is 2.83 bits per heavy atom. The molecule has 0 atom stereocenters. The fourth-order valence-corrected chi connectivity index (χ4v) is 1.75. The van der Waals surface area contributed by atoms with E-state index in [0.717, 1.165) is 5.56 Å². The third-order valence-electron chi connectivity index (χ3n) is 2.57. The van der Waals surface area contributed by atoms with Gasteiger partial charge in [-0.05, 0) is 19.1 Å². The molecule has 1 amide bonds. The van der Waals surface area contributed by atoms with E-state index >= 15 is 0 Å². The van der Waals surface area contributed by atoms with Crippen LogP contribution in [0.1, 0.15) is 21.6 Å². The lowest BCUT2D eigenvalue weighted by Gasteiger charge is -2.16. The first-order chi connectivity index (χ1) is 8.56. The van der Waals surface area contributed by atoms with Crippen LogP contribution in [0.2, 0.25) is 0 Å². The molecule has 0 radical (unpaired) electrons. The number of aromatic amines is 1. The van der Waals surface area contributed by atoms with Crippen molar-refractivity contribution < 1.29 is 9.21 Å². The zero-order chi connectivity index (χ0) is 13.1. The number of H-pyrrole nitrogens is 1. The Bertz CT molecular complexity index is 599. The fraction of sp³-hybridized carbons (Fsp3) is 0.231. The number of carbonyl (C=O) groups is 1. The van der Waals surface area contributed by atoms with Gasteiger partial charge in [-0.3, -0.25) is 9.59 Å². The number of pyridine rings is 1. The van der Waals surface area contributed by atoms with Crippen LogP contribution in [0.3, 0.4) is 0 Å². The van der Waals surface area contributed by atoms with Gasteiger partial charge in [0.2, 0.25) is 5.56 Å². The molecule has 94 valence electrons. The molecule has 1 N–H and O–H groups in total. The summed E-state index contributed by atoms with van der Waals surface area (Å²) in [6.45, 7) is 2.19. The van der Waals surface area contributed by atoms with Crippen molar-refractivity contribution in [1.29, 1.82) is 0 Å². The minimum absolute atomic E-state index is 0.189. The van der Waals surface area contributed by atoms with Crippen molar-refractivity contribution in [2.45, 2.75) is 13.5 Å². The number of rotatable bonds is 3. The van der Waals surface area contributed by atoms with Crippen LogP contribution in [0.5, 0.6) is 0 Å². The molecule has 2 heterocycles. The molecule has 0 aliphatic heterocycles. The Morgan fingerprint density at radius 2 is 2.22 bits per heavy atom. The fourth-order valence-electron chi connectivity index (χ4n) is 1.75. The minimum atomic E-state index is -0.268. The molecule has 0 unspecified atom stereocenters. The maximum absolute atomic E-state index is 12.1. The Morgan fingerprint density at radius 1 is 1.44 bits per heavy atom. The predicted molar refractivity (Wildman–Crippen MR) is 66.3 cm³/mol. The summed E-state index contributed by atoms with van der Waals surface area (Å²) in [6, 6.07) is 4.77. The van der Waals surface area contributed by atoms with Gasteiger partial charge in [0, 0.05) is 36.5 Å². The molecular formula is C13H14N2O3. The van der Waals surface area contributed by atoms with Gasteiger partial charge in [0.05, 0.1) is 12.5 Å². The topological polar surface area (TPSA) is 66.3 Å². The van der Waals surface area contributed by atoms with E-state index in [4.69, 9.17) is 4.42 Å². The molecule has 18 heavy (non-hydrogen) atoms. The van der Waals surface area contributed by atoms with Gasteiger partial charge in [0.15, 0.2) is 0 Å². The van der Waals surface area contributed by atoms with Crippen molar-refractivity contribution in [3.8, 4) is 0 Å². The van der Waals surface area contributed by atoms with Crippen molar-refractivity contribution in [3.05, 3.63) is 57.9 Å². The Balaban J connectivity index is 2.17. The van der Waals surface area contributed by atoms with E-state index < -0.39 is 0 Å². The molecule has 2 rings (SSSR count). The average Bonchev–Trinajstić information content (AvgIpc) is 2.79. The third-order valence-corrected chi connectivity index (χ3v) is 2.57. The summed E-state index contributed by atoms with van der Waals surface area (Å²) in [7, 11) is 1.69. The van der Waals surface area contributed by atoms with Gasteiger partial charge >= 0.3 is 0 Å². The second kappa shape index (κ2) is 4.91. The van der Waals surface area contributed by atoms with E-state index in [2.05, 4.69) is 4.98 Å². The highest BCUT2D eigenvalue weighted by Crippen LogP contribution is 2.08. The van der Waals surface area contributed by atoms with E-state index in [1.54, 1.807) is 43.5 Å². The van der Waals surface area contributed by atoms with E-state index in [9.17, 15) is 9.59 Å². The summed E-state index contributed by atoms with van der Waals surface area (Å²) < 4.78 is 4.95. The number of amides is 1. The number of hydrogen-bond donors (Lipinski definition) is 1. The van der Waals surface area contributed by atoms with Crippen molar-refractivity contribution >= 4 is 5.91 Å². The van der Waals surface area contributed by atoms with Gasteiger partial charge < -0.3 is 14.3 Å². The van der Waals surface area contributed by atoms with Crippen LogP contribution in [0, 0.1) is 6.92 Å². The molecule has 0 saturated heterocycles. The monoisotopic (exact) mass is 246 g/mol. The van der Waals surface area contributed by atoms with Crippen LogP contribution in [0.15, 0.2) is 39.9 Å². The van der Waals surface area contributed by atoms with E-state index in [1.165, 1.54) is 6.07 Å². The molecule has 2 aromatic heterocycles. The highest BCUT2D eigenvalue weighted by atomic mass is 16.3. The molecule has 5 heteroatoms. The second-order valence-electron chi connectivity index (χ2n) is 4.21. The second-order valence-corrected chi connectivity index (χ2v) is 4.21. The molecule has 2 aromatic rings. The first kappa shape index (κ1) is 12.2. The summed E-state index contributed by atoms with van der Waals surface area (Å²) in [5.41, 5.74) is 1.70. The van der Waals surface area contributed by atoms with Gasteiger partial charge in [-0.2, -0.15) is 0 Å². The Kier molecular flexibility index (Phi) is 3.32. The molecule has 0 aliphatic carbocycles. The molecule has 0 aromatic carbocycles. The first-order valence-corrected chi connectivity index (χ1v) is 5.54. The number of nitrogens with one attached hydrogen (secondary N) is 1. The largest absolute Gasteiger partial charge is 0.472 e. The Hall–Kier alpha value is -2.30. The van der Waals surface area contributed by atoms with Crippen LogP contribution in [0.25, 0.3) is 0 Å². The molecule has 0 fully saturated rings. The maximum Gasteiger partial charge on any atom is 0.254 e. The zero-order valence-corrected chi connectivity index (χ0v) is 10.3. The summed E-state index contributed by atoms with van der Waals surface area (Å²) in [5.74, 6) is -0.189. The smallest absolute Gasteiger partial charge is 0.254 e. The van der Waals surface area contributed by atoms with Gasteiger partial charge in [-0.25, -0.2) is 0 Å². The van der Waals surface area contributed by atoms with Crippen molar-refractivity contribution in [2.24, 2.45) is 0 Å². The molecule has 5 nitrogen and oxygen atoms in total. The van der Waals surface area contributed by atoms with Crippen molar-refractivity contribution in [3.63, 3.8) is 0 Å². The van der Waals surface area contributed by atoms with Crippen LogP contribution in [0.4, 0.5) is 0 Å². The SMILES string of the molecule is Cc1cc(C(=O)N(C)Cc2ccoc2)cc(=O)[nH]1. The van der Waals surface area contributed by atoms with E-state index in [0.29, 0.717) is 17.8 Å². The van der Waals surface area contributed by atoms with Gasteiger partial charge in [0.1, 0.15) is 0 Å². The van der Waals surface area contributed by atoms with Gasteiger partial charge in [-0.1, -0.05) is 0 Å². The average molecular weight is 246 g/mol. The molecule has 0 spiro atoms. The van der Waals surface area contributed by atoms with Gasteiger partial charge in [-0.15, -0.1) is 0 Å². The highest BCUT2D eigenvalue weighted by Gasteiger charge is 2.13. The molecule has 0 saturated carbocycles. The van der Waals surface area contributed by atoms with Crippen LogP contribution in [-0.4, -0.2) is 22.8 Å². The normalized spacial score (nSPS) is 10.3. The summed E-state index contributed by atoms with van der Waals surface area (Å²) >= 11 is 0. The van der Waals surface area contributed by atoms with Crippen molar-refractivity contribution in [2.75, 3.05) is 7.05 Å². The highest BCUT2D eigenvalue weighted by molar-refractivity contribution is 5.94. The number of furan rings is 1. The Labute approximate surface area is 104 Å².